The van der Waals surface area contributed by atoms with Gasteiger partial charge in [-0.15, -0.1) is 0 Å². The van der Waals surface area contributed by atoms with Gasteiger partial charge in [-0.2, -0.15) is 0 Å². The fraction of sp³-hybridized carbons (Fsp3) is 0.111. The summed E-state index contributed by atoms with van der Waals surface area (Å²) in [6.07, 6.45) is 3.24. The van der Waals surface area contributed by atoms with Crippen LogP contribution in [0.2, 0.25) is 0 Å². The summed E-state index contributed by atoms with van der Waals surface area (Å²) in [7, 11) is 0. The first-order valence-corrected chi connectivity index (χ1v) is 7.31. The molecule has 3 aromatic rings. The third kappa shape index (κ3) is 3.77. The molecule has 23 heavy (non-hydrogen) atoms. The Labute approximate surface area is 134 Å². The lowest BCUT2D eigenvalue weighted by Gasteiger charge is -2.09. The smallest absolute Gasteiger partial charge is 0.274 e. The Morgan fingerprint density at radius 3 is 2.83 bits per heavy atom. The molecule has 0 saturated heterocycles. The van der Waals surface area contributed by atoms with E-state index in [1.54, 1.807) is 18.5 Å². The molecule has 5 heteroatoms. The maximum atomic E-state index is 12.3. The number of hydrogen-bond acceptors (Lipinski definition) is 4. The normalized spacial score (nSPS) is 10.3. The molecule has 0 fully saturated rings. The topological polar surface area (TPSA) is 67.2 Å². The predicted octanol–water partition coefficient (Wildman–Crippen LogP) is 3.85. The number of furan rings is 1. The van der Waals surface area contributed by atoms with Crippen LogP contribution in [0.1, 0.15) is 21.8 Å². The van der Waals surface area contributed by atoms with Crippen molar-refractivity contribution in [3.8, 4) is 0 Å². The molecule has 2 aromatic heterocycles. The Morgan fingerprint density at radius 2 is 2.04 bits per heavy atom. The summed E-state index contributed by atoms with van der Waals surface area (Å²) in [5, 5.41) is 6.08. The van der Waals surface area contributed by atoms with Crippen molar-refractivity contribution in [2.24, 2.45) is 0 Å². The van der Waals surface area contributed by atoms with E-state index in [0.717, 1.165) is 22.7 Å². The van der Waals surface area contributed by atoms with Crippen LogP contribution < -0.4 is 10.6 Å². The molecular formula is C18H17N3O2. The van der Waals surface area contributed by atoms with Crippen molar-refractivity contribution in [2.75, 3.05) is 10.6 Å². The monoisotopic (exact) mass is 307 g/mol. The molecule has 116 valence electrons. The van der Waals surface area contributed by atoms with Gasteiger partial charge in [0.05, 0.1) is 12.8 Å². The lowest BCUT2D eigenvalue weighted by molar-refractivity contribution is 0.102. The van der Waals surface area contributed by atoms with E-state index in [0.29, 0.717) is 12.2 Å². The van der Waals surface area contributed by atoms with Gasteiger partial charge in [-0.3, -0.25) is 9.78 Å². The van der Waals surface area contributed by atoms with Gasteiger partial charge < -0.3 is 15.1 Å². The maximum Gasteiger partial charge on any atom is 0.274 e. The zero-order chi connectivity index (χ0) is 16.1. The van der Waals surface area contributed by atoms with E-state index in [2.05, 4.69) is 15.6 Å². The molecule has 0 saturated carbocycles. The number of aryl methyl sites for hydroxylation is 1. The number of carbonyl (C=O) groups excluding carboxylic acids is 1. The number of nitrogens with zero attached hydrogens (tertiary/aromatic N) is 1. The number of nitrogens with one attached hydrogen (secondary N) is 2. The lowest BCUT2D eigenvalue weighted by atomic mass is 10.2. The van der Waals surface area contributed by atoms with Crippen LogP contribution in [0.3, 0.4) is 0 Å². The highest BCUT2D eigenvalue weighted by molar-refractivity contribution is 6.03. The number of para-hydroxylation sites is 1. The van der Waals surface area contributed by atoms with Crippen LogP contribution in [0.5, 0.6) is 0 Å². The van der Waals surface area contributed by atoms with Crippen LogP contribution in [0.25, 0.3) is 0 Å². The quantitative estimate of drug-likeness (QED) is 0.751. The average molecular weight is 307 g/mol. The van der Waals surface area contributed by atoms with Crippen molar-refractivity contribution >= 4 is 17.3 Å². The molecule has 2 heterocycles. The minimum atomic E-state index is -0.235. The predicted molar refractivity (Wildman–Crippen MR) is 89.4 cm³/mol. The van der Waals surface area contributed by atoms with Crippen molar-refractivity contribution in [3.05, 3.63) is 78.0 Å². The van der Waals surface area contributed by atoms with Crippen LogP contribution in [0.15, 0.2) is 65.4 Å². The summed E-state index contributed by atoms with van der Waals surface area (Å²) in [5.74, 6) is 0.591. The van der Waals surface area contributed by atoms with Gasteiger partial charge in [0, 0.05) is 17.6 Å². The molecule has 0 bridgehead atoms. The molecule has 0 unspecified atom stereocenters. The van der Waals surface area contributed by atoms with Crippen molar-refractivity contribution in [3.63, 3.8) is 0 Å². The fourth-order valence-electron chi connectivity index (χ4n) is 2.17. The summed E-state index contributed by atoms with van der Waals surface area (Å²) < 4.78 is 5.27. The van der Waals surface area contributed by atoms with Gasteiger partial charge in [-0.05, 0) is 42.8 Å². The molecule has 0 atom stereocenters. The molecule has 1 aromatic carbocycles. The van der Waals surface area contributed by atoms with Crippen LogP contribution in [0.4, 0.5) is 11.4 Å². The van der Waals surface area contributed by atoms with Crippen LogP contribution in [-0.4, -0.2) is 10.9 Å². The molecule has 0 spiro atoms. The molecule has 0 aliphatic heterocycles. The molecule has 3 rings (SSSR count). The number of aromatic nitrogens is 1. The first-order valence-electron chi connectivity index (χ1n) is 7.31. The van der Waals surface area contributed by atoms with E-state index in [4.69, 9.17) is 4.42 Å². The summed E-state index contributed by atoms with van der Waals surface area (Å²) in [5.41, 5.74) is 2.96. The summed E-state index contributed by atoms with van der Waals surface area (Å²) in [6.45, 7) is 2.50. The number of pyridine rings is 1. The zero-order valence-electron chi connectivity index (χ0n) is 12.7. The molecule has 0 radical (unpaired) electrons. The van der Waals surface area contributed by atoms with E-state index < -0.39 is 0 Å². The maximum absolute atomic E-state index is 12.3. The second-order valence-corrected chi connectivity index (χ2v) is 5.13. The minimum absolute atomic E-state index is 0.235. The standard InChI is InChI=1S/C18H17N3O2/c1-13-5-2-3-7-16(13)21-18(22)17-11-14(8-9-19-17)20-12-15-6-4-10-23-15/h2-11H,12H2,1H3,(H,19,20)(H,21,22). The number of benzene rings is 1. The summed E-state index contributed by atoms with van der Waals surface area (Å²) >= 11 is 0. The van der Waals surface area contributed by atoms with E-state index in [1.165, 1.54) is 0 Å². The van der Waals surface area contributed by atoms with Crippen LogP contribution >= 0.6 is 0 Å². The van der Waals surface area contributed by atoms with Crippen molar-refractivity contribution in [2.45, 2.75) is 13.5 Å². The Bertz CT molecular complexity index is 798. The molecule has 0 aliphatic rings. The van der Waals surface area contributed by atoms with E-state index in [-0.39, 0.29) is 5.91 Å². The number of carbonyl (C=O) groups is 1. The Kier molecular flexibility index (Phi) is 4.38. The third-order valence-electron chi connectivity index (χ3n) is 3.43. The number of amides is 1. The minimum Gasteiger partial charge on any atom is -0.467 e. The second kappa shape index (κ2) is 6.79. The van der Waals surface area contributed by atoms with Gasteiger partial charge in [0.15, 0.2) is 0 Å². The van der Waals surface area contributed by atoms with Gasteiger partial charge in [0.25, 0.3) is 5.91 Å². The van der Waals surface area contributed by atoms with Gasteiger partial charge >= 0.3 is 0 Å². The van der Waals surface area contributed by atoms with Gasteiger partial charge in [0.2, 0.25) is 0 Å². The van der Waals surface area contributed by atoms with E-state index in [1.807, 2.05) is 49.4 Å². The number of rotatable bonds is 5. The Hall–Kier alpha value is -3.08. The highest BCUT2D eigenvalue weighted by Crippen LogP contribution is 2.16. The molecule has 2 N–H and O–H groups in total. The van der Waals surface area contributed by atoms with Gasteiger partial charge in [-0.1, -0.05) is 18.2 Å². The van der Waals surface area contributed by atoms with Crippen LogP contribution in [-0.2, 0) is 6.54 Å². The van der Waals surface area contributed by atoms with Crippen LogP contribution in [0, 0.1) is 6.92 Å². The Balaban J connectivity index is 1.69. The molecule has 0 aliphatic carbocycles. The van der Waals surface area contributed by atoms with Gasteiger partial charge in [0.1, 0.15) is 11.5 Å². The second-order valence-electron chi connectivity index (χ2n) is 5.13. The van der Waals surface area contributed by atoms with Crippen molar-refractivity contribution in [1.29, 1.82) is 0 Å². The molecule has 5 nitrogen and oxygen atoms in total. The highest BCUT2D eigenvalue weighted by Gasteiger charge is 2.09. The first kappa shape index (κ1) is 14.8. The largest absolute Gasteiger partial charge is 0.467 e. The zero-order valence-corrected chi connectivity index (χ0v) is 12.7. The average Bonchev–Trinajstić information content (AvgIpc) is 3.09. The summed E-state index contributed by atoms with van der Waals surface area (Å²) in [6, 6.07) is 14.9. The Morgan fingerprint density at radius 1 is 1.17 bits per heavy atom. The lowest BCUT2D eigenvalue weighted by Crippen LogP contribution is -2.14. The molecule has 1 amide bonds. The highest BCUT2D eigenvalue weighted by atomic mass is 16.3. The number of hydrogen-bond donors (Lipinski definition) is 2. The number of anilines is 2. The third-order valence-corrected chi connectivity index (χ3v) is 3.43. The first-order chi connectivity index (χ1) is 11.2. The van der Waals surface area contributed by atoms with Gasteiger partial charge in [-0.25, -0.2) is 0 Å². The summed E-state index contributed by atoms with van der Waals surface area (Å²) in [4.78, 5) is 16.5. The van der Waals surface area contributed by atoms with Crippen molar-refractivity contribution < 1.29 is 9.21 Å². The molecular weight excluding hydrogens is 290 g/mol. The van der Waals surface area contributed by atoms with E-state index in [9.17, 15) is 4.79 Å². The fourth-order valence-corrected chi connectivity index (χ4v) is 2.17. The SMILES string of the molecule is Cc1ccccc1NC(=O)c1cc(NCc2ccco2)ccn1. The van der Waals surface area contributed by atoms with E-state index >= 15 is 0 Å². The van der Waals surface area contributed by atoms with Crippen molar-refractivity contribution in [1.82, 2.24) is 4.98 Å².